The fourth-order valence-electron chi connectivity index (χ4n) is 3.59. The predicted molar refractivity (Wildman–Crippen MR) is 74.0 cm³/mol. The second-order valence-electron chi connectivity index (χ2n) is 5.56. The van der Waals surface area contributed by atoms with Gasteiger partial charge in [0, 0.05) is 23.1 Å². The molecule has 0 saturated carbocycles. The molecule has 0 atom stereocenters. The van der Waals surface area contributed by atoms with E-state index in [1.165, 1.54) is 48.1 Å². The van der Waals surface area contributed by atoms with Crippen LogP contribution in [0.3, 0.4) is 0 Å². The normalized spacial score (nSPS) is 19.8. The Morgan fingerprint density at radius 3 is 2.83 bits per heavy atom. The minimum atomic E-state index is 1.13. The molecule has 90 valence electrons. The zero-order valence-electron chi connectivity index (χ0n) is 10.9. The molecule has 2 heterocycles. The van der Waals surface area contributed by atoms with Gasteiger partial charge in [-0.2, -0.15) is 4.57 Å². The minimum absolute atomic E-state index is 1.13. The summed E-state index contributed by atoms with van der Waals surface area (Å²) >= 11 is 0. The van der Waals surface area contributed by atoms with Crippen molar-refractivity contribution in [1.29, 1.82) is 0 Å². The van der Waals surface area contributed by atoms with Crippen molar-refractivity contribution in [2.45, 2.75) is 39.2 Å². The SMILES string of the molecule is Cc1cc2c([n+]3c1C1=C(CCC=C1)C3)CCC=C2. The van der Waals surface area contributed by atoms with E-state index in [-0.39, 0.29) is 0 Å². The van der Waals surface area contributed by atoms with E-state index in [0.717, 1.165) is 6.54 Å². The van der Waals surface area contributed by atoms with E-state index in [1.807, 2.05) is 0 Å². The third-order valence-electron chi connectivity index (χ3n) is 4.40. The molecule has 3 aliphatic rings. The Balaban J connectivity index is 1.97. The summed E-state index contributed by atoms with van der Waals surface area (Å²) in [7, 11) is 0. The van der Waals surface area contributed by atoms with Gasteiger partial charge < -0.3 is 0 Å². The summed E-state index contributed by atoms with van der Waals surface area (Å²) in [4.78, 5) is 0. The number of fused-ring (bicyclic) bond motifs is 4. The Morgan fingerprint density at radius 2 is 1.89 bits per heavy atom. The summed E-state index contributed by atoms with van der Waals surface area (Å²) in [6, 6.07) is 2.37. The highest BCUT2D eigenvalue weighted by molar-refractivity contribution is 5.77. The first-order valence-electron chi connectivity index (χ1n) is 6.96. The van der Waals surface area contributed by atoms with Crippen molar-refractivity contribution < 1.29 is 4.57 Å². The maximum absolute atomic E-state index is 2.58. The molecule has 18 heavy (non-hydrogen) atoms. The smallest absolute Gasteiger partial charge is 0.191 e. The predicted octanol–water partition coefficient (Wildman–Crippen LogP) is 3.36. The van der Waals surface area contributed by atoms with Gasteiger partial charge in [-0.25, -0.2) is 0 Å². The van der Waals surface area contributed by atoms with Gasteiger partial charge in [0.05, 0.1) is 5.57 Å². The Hall–Kier alpha value is -1.63. The Labute approximate surface area is 108 Å². The van der Waals surface area contributed by atoms with Crippen LogP contribution < -0.4 is 4.57 Å². The van der Waals surface area contributed by atoms with Gasteiger partial charge in [-0.3, -0.25) is 0 Å². The number of pyridine rings is 1. The van der Waals surface area contributed by atoms with Crippen molar-refractivity contribution in [2.24, 2.45) is 0 Å². The van der Waals surface area contributed by atoms with Crippen molar-refractivity contribution in [3.8, 4) is 0 Å². The van der Waals surface area contributed by atoms with Crippen molar-refractivity contribution in [1.82, 2.24) is 0 Å². The van der Waals surface area contributed by atoms with Crippen LogP contribution in [-0.4, -0.2) is 0 Å². The van der Waals surface area contributed by atoms with Crippen LogP contribution in [-0.2, 0) is 13.0 Å². The molecule has 1 heteroatoms. The van der Waals surface area contributed by atoms with Crippen LogP contribution in [0.1, 0.15) is 41.8 Å². The lowest BCUT2D eigenvalue weighted by Gasteiger charge is -2.11. The monoisotopic (exact) mass is 236 g/mol. The molecule has 0 unspecified atom stereocenters. The van der Waals surface area contributed by atoms with E-state index >= 15 is 0 Å². The van der Waals surface area contributed by atoms with E-state index in [0.29, 0.717) is 0 Å². The van der Waals surface area contributed by atoms with Crippen molar-refractivity contribution in [2.75, 3.05) is 0 Å². The van der Waals surface area contributed by atoms with Gasteiger partial charge in [-0.15, -0.1) is 0 Å². The number of allylic oxidation sites excluding steroid dienone is 5. The number of nitrogens with zero attached hydrogens (tertiary/aromatic N) is 1. The van der Waals surface area contributed by atoms with Crippen LogP contribution in [0.4, 0.5) is 0 Å². The summed E-state index contributed by atoms with van der Waals surface area (Å²) in [5, 5.41) is 0. The van der Waals surface area contributed by atoms with Gasteiger partial charge in [-0.1, -0.05) is 24.3 Å². The van der Waals surface area contributed by atoms with Crippen LogP contribution in [0, 0.1) is 6.92 Å². The third-order valence-corrected chi connectivity index (χ3v) is 4.40. The first kappa shape index (κ1) is 10.3. The van der Waals surface area contributed by atoms with Gasteiger partial charge in [-0.05, 0) is 32.3 Å². The van der Waals surface area contributed by atoms with E-state index < -0.39 is 0 Å². The zero-order valence-corrected chi connectivity index (χ0v) is 10.9. The summed E-state index contributed by atoms with van der Waals surface area (Å²) < 4.78 is 2.58. The highest BCUT2D eigenvalue weighted by atomic mass is 15.0. The number of hydrogen-bond acceptors (Lipinski definition) is 0. The average molecular weight is 236 g/mol. The van der Waals surface area contributed by atoms with Gasteiger partial charge in [0.15, 0.2) is 12.2 Å². The highest BCUT2D eigenvalue weighted by Crippen LogP contribution is 2.34. The molecular weight excluding hydrogens is 218 g/mol. The molecule has 0 saturated heterocycles. The second kappa shape index (κ2) is 3.68. The molecule has 1 aromatic heterocycles. The summed E-state index contributed by atoms with van der Waals surface area (Å²) in [6.45, 7) is 3.39. The molecule has 2 aliphatic carbocycles. The maximum Gasteiger partial charge on any atom is 0.216 e. The van der Waals surface area contributed by atoms with Crippen LogP contribution in [0.2, 0.25) is 0 Å². The molecular formula is C17H18N+. The Kier molecular flexibility index (Phi) is 2.11. The molecule has 0 spiro atoms. The molecule has 1 nitrogen and oxygen atoms in total. The molecule has 0 amide bonds. The number of hydrogen-bond donors (Lipinski definition) is 0. The van der Waals surface area contributed by atoms with Crippen LogP contribution in [0.5, 0.6) is 0 Å². The third kappa shape index (κ3) is 1.30. The molecule has 0 bridgehead atoms. The molecule has 1 aliphatic heterocycles. The highest BCUT2D eigenvalue weighted by Gasteiger charge is 2.34. The summed E-state index contributed by atoms with van der Waals surface area (Å²) in [5.74, 6) is 0. The number of rotatable bonds is 0. The Bertz CT molecular complexity index is 630. The Morgan fingerprint density at radius 1 is 1.06 bits per heavy atom. The fourth-order valence-corrected chi connectivity index (χ4v) is 3.59. The first-order chi connectivity index (χ1) is 8.84. The van der Waals surface area contributed by atoms with Gasteiger partial charge in [0.1, 0.15) is 0 Å². The van der Waals surface area contributed by atoms with Crippen LogP contribution in [0.15, 0.2) is 29.9 Å². The van der Waals surface area contributed by atoms with Gasteiger partial charge >= 0.3 is 0 Å². The largest absolute Gasteiger partial charge is 0.216 e. The lowest BCUT2D eigenvalue weighted by Crippen LogP contribution is -2.41. The van der Waals surface area contributed by atoms with Crippen molar-refractivity contribution in [3.05, 3.63) is 52.4 Å². The van der Waals surface area contributed by atoms with E-state index in [9.17, 15) is 0 Å². The molecule has 1 aromatic rings. The molecule has 0 radical (unpaired) electrons. The number of aryl methyl sites for hydroxylation is 1. The molecule has 0 fully saturated rings. The van der Waals surface area contributed by atoms with E-state index in [1.54, 1.807) is 11.3 Å². The van der Waals surface area contributed by atoms with Crippen LogP contribution >= 0.6 is 0 Å². The molecule has 4 rings (SSSR count). The molecule has 0 N–H and O–H groups in total. The topological polar surface area (TPSA) is 3.88 Å². The second-order valence-corrected chi connectivity index (χ2v) is 5.56. The van der Waals surface area contributed by atoms with Crippen molar-refractivity contribution >= 4 is 11.6 Å². The van der Waals surface area contributed by atoms with Gasteiger partial charge in [0.25, 0.3) is 0 Å². The van der Waals surface area contributed by atoms with Crippen LogP contribution in [0.25, 0.3) is 11.6 Å². The summed E-state index contributed by atoms with van der Waals surface area (Å²) in [5.41, 5.74) is 9.04. The zero-order chi connectivity index (χ0) is 12.1. The minimum Gasteiger partial charge on any atom is -0.191 e. The van der Waals surface area contributed by atoms with Crippen molar-refractivity contribution in [3.63, 3.8) is 0 Å². The molecule has 0 aromatic carbocycles. The summed E-state index contributed by atoms with van der Waals surface area (Å²) in [6.07, 6.45) is 14.1. The standard InChI is InChI=1S/C17H18N/c1-12-10-13-6-3-5-9-16(13)18-11-14-7-2-4-8-15(14)17(12)18/h3-4,6,8,10H,2,5,7,9,11H2,1H3/q+1. The lowest BCUT2D eigenvalue weighted by atomic mass is 9.95. The quantitative estimate of drug-likeness (QED) is 0.608. The van der Waals surface area contributed by atoms with Gasteiger partial charge in [0.2, 0.25) is 5.69 Å². The first-order valence-corrected chi connectivity index (χ1v) is 6.96. The number of aromatic nitrogens is 1. The maximum atomic E-state index is 2.58. The van der Waals surface area contributed by atoms with E-state index in [2.05, 4.69) is 41.9 Å². The fraction of sp³-hybridized carbons (Fsp3) is 0.353. The lowest BCUT2D eigenvalue weighted by molar-refractivity contribution is -0.694. The van der Waals surface area contributed by atoms with E-state index in [4.69, 9.17) is 0 Å². The average Bonchev–Trinajstić information content (AvgIpc) is 2.79.